The Labute approximate surface area is 96.7 Å². The Bertz CT molecular complexity index is 331. The van der Waals surface area contributed by atoms with Crippen LogP contribution in [-0.2, 0) is 10.3 Å². The molecule has 1 aromatic heterocycles. The first kappa shape index (κ1) is 11.9. The van der Waals surface area contributed by atoms with Crippen LogP contribution in [0.25, 0.3) is 0 Å². The van der Waals surface area contributed by atoms with Crippen LogP contribution < -0.4 is 5.90 Å². The van der Waals surface area contributed by atoms with E-state index < -0.39 is 0 Å². The predicted molar refractivity (Wildman–Crippen MR) is 60.1 cm³/mol. The minimum absolute atomic E-state index is 0.194. The van der Waals surface area contributed by atoms with E-state index in [0.29, 0.717) is 11.8 Å². The molecule has 0 fully saturated rings. The number of aromatic nitrogens is 1. The lowest BCUT2D eigenvalue weighted by atomic mass is 9.86. The van der Waals surface area contributed by atoms with E-state index in [1.165, 1.54) is 0 Å². The summed E-state index contributed by atoms with van der Waals surface area (Å²) in [6.07, 6.45) is 1.68. The van der Waals surface area contributed by atoms with Gasteiger partial charge in [-0.05, 0) is 27.6 Å². The highest BCUT2D eigenvalue weighted by Crippen LogP contribution is 2.31. The van der Waals surface area contributed by atoms with E-state index in [-0.39, 0.29) is 5.41 Å². The monoisotopic (exact) mass is 278 g/mol. The molecule has 0 radical (unpaired) electrons. The maximum absolute atomic E-state index is 5.82. The molecular formula is C9H12BrClN2O. The minimum Gasteiger partial charge on any atom is -0.304 e. The Balaban J connectivity index is 3.10. The highest BCUT2D eigenvalue weighted by molar-refractivity contribution is 9.10. The molecule has 0 saturated carbocycles. The standard InChI is InChI=1S/C9H12BrClN2O/c1-9(2,5-14-12)6-3-8(11)13-4-7(6)10/h3-4H,5,12H2,1-2H3. The SMILES string of the molecule is CC(C)(CON)c1cc(Cl)ncc1Br. The maximum Gasteiger partial charge on any atom is 0.129 e. The van der Waals surface area contributed by atoms with Crippen LogP contribution in [0.15, 0.2) is 16.7 Å². The summed E-state index contributed by atoms with van der Waals surface area (Å²) in [7, 11) is 0. The quantitative estimate of drug-likeness (QED) is 0.683. The number of hydrogen-bond acceptors (Lipinski definition) is 3. The molecule has 0 saturated heterocycles. The normalized spacial score (nSPS) is 11.8. The molecule has 14 heavy (non-hydrogen) atoms. The van der Waals surface area contributed by atoms with Gasteiger partial charge in [0.05, 0.1) is 6.61 Å². The van der Waals surface area contributed by atoms with Crippen molar-refractivity contribution >= 4 is 27.5 Å². The maximum atomic E-state index is 5.82. The molecule has 1 rings (SSSR count). The molecular weight excluding hydrogens is 267 g/mol. The van der Waals surface area contributed by atoms with Gasteiger partial charge in [-0.1, -0.05) is 25.4 Å². The van der Waals surface area contributed by atoms with Crippen molar-refractivity contribution in [3.8, 4) is 0 Å². The van der Waals surface area contributed by atoms with Crippen molar-refractivity contribution in [2.75, 3.05) is 6.61 Å². The van der Waals surface area contributed by atoms with Crippen LogP contribution in [0.5, 0.6) is 0 Å². The third kappa shape index (κ3) is 2.67. The molecule has 0 aliphatic rings. The summed E-state index contributed by atoms with van der Waals surface area (Å²) >= 11 is 9.24. The summed E-state index contributed by atoms with van der Waals surface area (Å²) in [5, 5.41) is 0.466. The van der Waals surface area contributed by atoms with Crippen molar-refractivity contribution in [2.45, 2.75) is 19.3 Å². The molecule has 0 aliphatic heterocycles. The fraction of sp³-hybridized carbons (Fsp3) is 0.444. The Hall–Kier alpha value is -0.160. The topological polar surface area (TPSA) is 48.1 Å². The minimum atomic E-state index is -0.194. The van der Waals surface area contributed by atoms with Crippen LogP contribution in [0, 0.1) is 0 Å². The van der Waals surface area contributed by atoms with Crippen LogP contribution in [0.3, 0.4) is 0 Å². The van der Waals surface area contributed by atoms with Crippen molar-refractivity contribution in [2.24, 2.45) is 5.90 Å². The number of hydrogen-bond donors (Lipinski definition) is 1. The molecule has 1 heterocycles. The second-order valence-electron chi connectivity index (χ2n) is 3.68. The number of halogens is 2. The lowest BCUT2D eigenvalue weighted by Crippen LogP contribution is -2.26. The van der Waals surface area contributed by atoms with Crippen LogP contribution >= 0.6 is 27.5 Å². The van der Waals surface area contributed by atoms with Gasteiger partial charge >= 0.3 is 0 Å². The Kier molecular flexibility index (Phi) is 3.89. The van der Waals surface area contributed by atoms with Crippen molar-refractivity contribution in [1.82, 2.24) is 4.98 Å². The first-order valence-electron chi connectivity index (χ1n) is 4.10. The van der Waals surface area contributed by atoms with E-state index in [1.807, 2.05) is 19.9 Å². The molecule has 0 aliphatic carbocycles. The molecule has 0 bridgehead atoms. The summed E-state index contributed by atoms with van der Waals surface area (Å²) in [6, 6.07) is 1.81. The van der Waals surface area contributed by atoms with Gasteiger partial charge in [0.1, 0.15) is 5.15 Å². The van der Waals surface area contributed by atoms with Gasteiger partial charge in [0.2, 0.25) is 0 Å². The third-order valence-electron chi connectivity index (χ3n) is 2.00. The van der Waals surface area contributed by atoms with E-state index >= 15 is 0 Å². The smallest absolute Gasteiger partial charge is 0.129 e. The van der Waals surface area contributed by atoms with Crippen molar-refractivity contribution in [1.29, 1.82) is 0 Å². The number of nitrogens with zero attached hydrogens (tertiary/aromatic N) is 1. The van der Waals surface area contributed by atoms with Gasteiger partial charge in [-0.2, -0.15) is 0 Å². The number of pyridine rings is 1. The number of rotatable bonds is 3. The molecule has 0 aromatic carbocycles. The lowest BCUT2D eigenvalue weighted by Gasteiger charge is -2.24. The van der Waals surface area contributed by atoms with Crippen molar-refractivity contribution in [3.63, 3.8) is 0 Å². The van der Waals surface area contributed by atoms with Gasteiger partial charge in [-0.25, -0.2) is 10.9 Å². The van der Waals surface area contributed by atoms with Crippen LogP contribution in [0.2, 0.25) is 5.15 Å². The Morgan fingerprint density at radius 3 is 2.86 bits per heavy atom. The Morgan fingerprint density at radius 2 is 2.29 bits per heavy atom. The first-order valence-corrected chi connectivity index (χ1v) is 5.27. The second kappa shape index (κ2) is 4.57. The lowest BCUT2D eigenvalue weighted by molar-refractivity contribution is 0.0961. The van der Waals surface area contributed by atoms with E-state index in [0.717, 1.165) is 10.0 Å². The zero-order chi connectivity index (χ0) is 10.8. The summed E-state index contributed by atoms with van der Waals surface area (Å²) in [4.78, 5) is 8.63. The molecule has 0 spiro atoms. The molecule has 5 heteroatoms. The fourth-order valence-corrected chi connectivity index (χ4v) is 2.13. The molecule has 1 aromatic rings. The van der Waals surface area contributed by atoms with Crippen molar-refractivity contribution < 1.29 is 4.84 Å². The van der Waals surface area contributed by atoms with Crippen LogP contribution in [0.4, 0.5) is 0 Å². The van der Waals surface area contributed by atoms with E-state index in [2.05, 4.69) is 25.8 Å². The molecule has 0 unspecified atom stereocenters. The fourth-order valence-electron chi connectivity index (χ4n) is 1.22. The van der Waals surface area contributed by atoms with Crippen LogP contribution in [0.1, 0.15) is 19.4 Å². The Morgan fingerprint density at radius 1 is 1.64 bits per heavy atom. The average Bonchev–Trinajstić information content (AvgIpc) is 2.09. The molecule has 78 valence electrons. The zero-order valence-electron chi connectivity index (χ0n) is 8.05. The van der Waals surface area contributed by atoms with Gasteiger partial charge in [0, 0.05) is 16.1 Å². The highest BCUT2D eigenvalue weighted by atomic mass is 79.9. The van der Waals surface area contributed by atoms with E-state index in [9.17, 15) is 0 Å². The first-order chi connectivity index (χ1) is 6.47. The summed E-state index contributed by atoms with van der Waals surface area (Å²) in [6.45, 7) is 4.47. The summed E-state index contributed by atoms with van der Waals surface area (Å²) in [5.41, 5.74) is 0.836. The molecule has 0 amide bonds. The van der Waals surface area contributed by atoms with Gasteiger partial charge in [-0.3, -0.25) is 0 Å². The van der Waals surface area contributed by atoms with Gasteiger partial charge in [0.25, 0.3) is 0 Å². The van der Waals surface area contributed by atoms with Crippen LogP contribution in [-0.4, -0.2) is 11.6 Å². The number of nitrogens with two attached hydrogens (primary N) is 1. The van der Waals surface area contributed by atoms with E-state index in [4.69, 9.17) is 17.5 Å². The molecule has 2 N–H and O–H groups in total. The average molecular weight is 280 g/mol. The van der Waals surface area contributed by atoms with Crippen molar-refractivity contribution in [3.05, 3.63) is 27.5 Å². The predicted octanol–water partition coefficient (Wildman–Crippen LogP) is 2.67. The van der Waals surface area contributed by atoms with E-state index in [1.54, 1.807) is 6.20 Å². The third-order valence-corrected chi connectivity index (χ3v) is 2.83. The summed E-state index contributed by atoms with van der Waals surface area (Å²) < 4.78 is 0.906. The molecule has 0 atom stereocenters. The zero-order valence-corrected chi connectivity index (χ0v) is 10.4. The van der Waals surface area contributed by atoms with Gasteiger partial charge < -0.3 is 4.84 Å². The largest absolute Gasteiger partial charge is 0.304 e. The highest BCUT2D eigenvalue weighted by Gasteiger charge is 2.23. The van der Waals surface area contributed by atoms with Gasteiger partial charge in [0.15, 0.2) is 0 Å². The summed E-state index contributed by atoms with van der Waals surface area (Å²) in [5.74, 6) is 5.08. The molecule has 3 nitrogen and oxygen atoms in total. The second-order valence-corrected chi connectivity index (χ2v) is 4.92. The van der Waals surface area contributed by atoms with Gasteiger partial charge in [-0.15, -0.1) is 0 Å².